The Morgan fingerprint density at radius 3 is 2.39 bits per heavy atom. The van der Waals surface area contributed by atoms with Crippen molar-refractivity contribution in [2.45, 2.75) is 26.7 Å². The number of anilines is 1. The second-order valence-electron chi connectivity index (χ2n) is 6.49. The van der Waals surface area contributed by atoms with Crippen LogP contribution in [0.5, 0.6) is 0 Å². The summed E-state index contributed by atoms with van der Waals surface area (Å²) in [5, 5.41) is 3.40. The summed E-state index contributed by atoms with van der Waals surface area (Å²) in [5.74, 6) is -0.295. The maximum atomic E-state index is 13.1. The van der Waals surface area contributed by atoms with E-state index in [1.165, 1.54) is 0 Å². The molecule has 0 saturated carbocycles. The van der Waals surface area contributed by atoms with Crippen LogP contribution < -0.4 is 5.32 Å². The molecule has 0 atom stereocenters. The van der Waals surface area contributed by atoms with Crippen molar-refractivity contribution in [3.63, 3.8) is 0 Å². The molecule has 7 heteroatoms. The Bertz CT molecular complexity index is 976. The molecular weight excluding hydrogens is 376 g/mol. The van der Waals surface area contributed by atoms with Gasteiger partial charge in [-0.25, -0.2) is 4.98 Å². The lowest BCUT2D eigenvalue weighted by Crippen LogP contribution is -2.33. The Hall–Kier alpha value is -2.86. The molecule has 2 aromatic heterocycles. The molecule has 0 fully saturated rings. The fourth-order valence-electron chi connectivity index (χ4n) is 3.08. The van der Waals surface area contributed by atoms with Gasteiger partial charge >= 0.3 is 0 Å². The van der Waals surface area contributed by atoms with Gasteiger partial charge in [0.25, 0.3) is 11.8 Å². The molecule has 0 radical (unpaired) electrons. The average molecular weight is 399 g/mol. The molecule has 1 N–H and O–H groups in total. The highest BCUT2D eigenvalue weighted by atomic mass is 35.5. The molecular formula is C21H23ClN4O2. The van der Waals surface area contributed by atoms with Crippen LogP contribution >= 0.6 is 11.6 Å². The molecule has 0 aliphatic rings. The molecule has 3 rings (SSSR count). The van der Waals surface area contributed by atoms with E-state index in [1.54, 1.807) is 45.8 Å². The highest BCUT2D eigenvalue weighted by molar-refractivity contribution is 6.30. The van der Waals surface area contributed by atoms with Gasteiger partial charge in [0.05, 0.1) is 5.52 Å². The van der Waals surface area contributed by atoms with E-state index in [4.69, 9.17) is 11.6 Å². The number of hydrogen-bond donors (Lipinski definition) is 1. The van der Waals surface area contributed by atoms with E-state index in [-0.39, 0.29) is 23.3 Å². The first kappa shape index (κ1) is 19.9. The van der Waals surface area contributed by atoms with E-state index in [9.17, 15) is 9.59 Å². The lowest BCUT2D eigenvalue weighted by Gasteiger charge is -2.20. The molecule has 28 heavy (non-hydrogen) atoms. The molecule has 0 spiro atoms. The SMILES string of the molecule is CCCN(CCC)C(=O)c1nc(C(=O)Nc2ccc(Cl)cc2)c2ccccn12. The molecule has 146 valence electrons. The van der Waals surface area contributed by atoms with Crippen molar-refractivity contribution >= 4 is 34.6 Å². The minimum atomic E-state index is -0.373. The highest BCUT2D eigenvalue weighted by Gasteiger charge is 2.24. The fourth-order valence-corrected chi connectivity index (χ4v) is 3.20. The molecule has 2 heterocycles. The largest absolute Gasteiger partial charge is 0.336 e. The Kier molecular flexibility index (Phi) is 6.31. The summed E-state index contributed by atoms with van der Waals surface area (Å²) in [6, 6.07) is 12.3. The average Bonchev–Trinajstić information content (AvgIpc) is 3.09. The number of halogens is 1. The van der Waals surface area contributed by atoms with Gasteiger partial charge in [0.1, 0.15) is 0 Å². The first-order valence-electron chi connectivity index (χ1n) is 9.38. The van der Waals surface area contributed by atoms with E-state index in [0.29, 0.717) is 29.3 Å². The van der Waals surface area contributed by atoms with Crippen LogP contribution in [0.15, 0.2) is 48.7 Å². The first-order chi connectivity index (χ1) is 13.5. The molecule has 0 aliphatic heterocycles. The molecule has 0 aliphatic carbocycles. The van der Waals surface area contributed by atoms with E-state index >= 15 is 0 Å². The van der Waals surface area contributed by atoms with Gasteiger partial charge < -0.3 is 10.2 Å². The number of fused-ring (bicyclic) bond motifs is 1. The van der Waals surface area contributed by atoms with Crippen molar-refractivity contribution < 1.29 is 9.59 Å². The van der Waals surface area contributed by atoms with Gasteiger partial charge in [-0.1, -0.05) is 31.5 Å². The molecule has 0 unspecified atom stereocenters. The van der Waals surface area contributed by atoms with E-state index in [2.05, 4.69) is 10.3 Å². The lowest BCUT2D eigenvalue weighted by molar-refractivity contribution is 0.0742. The number of pyridine rings is 1. The Balaban J connectivity index is 1.96. The lowest BCUT2D eigenvalue weighted by atomic mass is 10.3. The third-order valence-corrected chi connectivity index (χ3v) is 4.58. The summed E-state index contributed by atoms with van der Waals surface area (Å²) in [6.07, 6.45) is 3.47. The smallest absolute Gasteiger partial charge is 0.290 e. The van der Waals surface area contributed by atoms with E-state index < -0.39 is 0 Å². The van der Waals surface area contributed by atoms with Crippen molar-refractivity contribution in [2.75, 3.05) is 18.4 Å². The van der Waals surface area contributed by atoms with Crippen LogP contribution in [0.3, 0.4) is 0 Å². The summed E-state index contributed by atoms with van der Waals surface area (Å²) in [7, 11) is 0. The third-order valence-electron chi connectivity index (χ3n) is 4.33. The Morgan fingerprint density at radius 1 is 1.07 bits per heavy atom. The summed E-state index contributed by atoms with van der Waals surface area (Å²) < 4.78 is 1.68. The van der Waals surface area contributed by atoms with Gasteiger partial charge in [-0.2, -0.15) is 0 Å². The predicted molar refractivity (Wildman–Crippen MR) is 111 cm³/mol. The van der Waals surface area contributed by atoms with Gasteiger partial charge in [-0.05, 0) is 49.2 Å². The standard InChI is InChI=1S/C21H23ClN4O2/c1-3-12-25(13-4-2)21(28)19-24-18(17-7-5-6-14-26(17)19)20(27)23-16-10-8-15(22)9-11-16/h5-11,14H,3-4,12-13H2,1-2H3,(H,23,27). The van der Waals surface area contributed by atoms with Crippen molar-refractivity contribution in [3.05, 3.63) is 65.2 Å². The minimum Gasteiger partial charge on any atom is -0.336 e. The van der Waals surface area contributed by atoms with Crippen LogP contribution in [0.25, 0.3) is 5.52 Å². The van der Waals surface area contributed by atoms with Crippen LogP contribution in [-0.2, 0) is 0 Å². The van der Waals surface area contributed by atoms with Crippen LogP contribution in [0.4, 0.5) is 5.69 Å². The molecule has 6 nitrogen and oxygen atoms in total. The number of hydrogen-bond acceptors (Lipinski definition) is 3. The Labute approximate surface area is 169 Å². The van der Waals surface area contributed by atoms with Crippen LogP contribution in [0, 0.1) is 0 Å². The van der Waals surface area contributed by atoms with Gasteiger partial charge in [0, 0.05) is 30.0 Å². The minimum absolute atomic E-state index is 0.171. The van der Waals surface area contributed by atoms with Gasteiger partial charge in [0.15, 0.2) is 5.69 Å². The summed E-state index contributed by atoms with van der Waals surface area (Å²) in [4.78, 5) is 32.1. The highest BCUT2D eigenvalue weighted by Crippen LogP contribution is 2.18. The fraction of sp³-hybridized carbons (Fsp3) is 0.286. The van der Waals surface area contributed by atoms with Gasteiger partial charge in [-0.3, -0.25) is 14.0 Å². The van der Waals surface area contributed by atoms with Crippen molar-refractivity contribution in [1.82, 2.24) is 14.3 Å². The van der Waals surface area contributed by atoms with Crippen LogP contribution in [0.2, 0.25) is 5.02 Å². The summed E-state index contributed by atoms with van der Waals surface area (Å²) in [6.45, 7) is 5.37. The quantitative estimate of drug-likeness (QED) is 0.637. The first-order valence-corrected chi connectivity index (χ1v) is 9.76. The van der Waals surface area contributed by atoms with Gasteiger partial charge in [0.2, 0.25) is 5.82 Å². The zero-order chi connectivity index (χ0) is 20.1. The van der Waals surface area contributed by atoms with Crippen LogP contribution in [0.1, 0.15) is 47.8 Å². The maximum Gasteiger partial charge on any atom is 0.290 e. The molecule has 1 aromatic carbocycles. The number of nitrogens with one attached hydrogen (secondary N) is 1. The second kappa shape index (κ2) is 8.89. The summed E-state index contributed by atoms with van der Waals surface area (Å²) >= 11 is 5.89. The number of imidazole rings is 1. The maximum absolute atomic E-state index is 13.1. The third kappa shape index (κ3) is 4.17. The monoisotopic (exact) mass is 398 g/mol. The number of carbonyl (C=O) groups is 2. The number of rotatable bonds is 7. The molecule has 0 saturated heterocycles. The van der Waals surface area contributed by atoms with Crippen LogP contribution in [-0.4, -0.2) is 39.2 Å². The number of benzene rings is 1. The van der Waals surface area contributed by atoms with E-state index in [0.717, 1.165) is 12.8 Å². The van der Waals surface area contributed by atoms with E-state index in [1.807, 2.05) is 26.0 Å². The number of nitrogens with zero attached hydrogens (tertiary/aromatic N) is 3. The molecule has 0 bridgehead atoms. The predicted octanol–water partition coefficient (Wildman–Crippen LogP) is 4.50. The number of aromatic nitrogens is 2. The van der Waals surface area contributed by atoms with Crippen molar-refractivity contribution in [3.8, 4) is 0 Å². The normalized spacial score (nSPS) is 10.8. The number of amides is 2. The summed E-state index contributed by atoms with van der Waals surface area (Å²) in [5.41, 5.74) is 1.41. The molecule has 3 aromatic rings. The zero-order valence-corrected chi connectivity index (χ0v) is 16.7. The van der Waals surface area contributed by atoms with Crippen molar-refractivity contribution in [2.24, 2.45) is 0 Å². The Morgan fingerprint density at radius 2 is 1.75 bits per heavy atom. The number of carbonyl (C=O) groups excluding carboxylic acids is 2. The topological polar surface area (TPSA) is 66.7 Å². The zero-order valence-electron chi connectivity index (χ0n) is 16.0. The van der Waals surface area contributed by atoms with Crippen molar-refractivity contribution in [1.29, 1.82) is 0 Å². The second-order valence-corrected chi connectivity index (χ2v) is 6.93. The molecule has 2 amide bonds. The van der Waals surface area contributed by atoms with Gasteiger partial charge in [-0.15, -0.1) is 0 Å².